The predicted octanol–water partition coefficient (Wildman–Crippen LogP) is 3.51. The van der Waals surface area contributed by atoms with Crippen molar-refractivity contribution >= 4 is 17.3 Å². The third kappa shape index (κ3) is 6.71. The third-order valence-electron chi connectivity index (χ3n) is 4.33. The first-order chi connectivity index (χ1) is 13.6. The molecule has 1 heterocycles. The summed E-state index contributed by atoms with van der Waals surface area (Å²) in [6, 6.07) is 6.12. The molecule has 0 bridgehead atoms. The quantitative estimate of drug-likeness (QED) is 0.360. The first-order valence-electron chi connectivity index (χ1n) is 9.74. The number of aryl methyl sites for hydroxylation is 3. The van der Waals surface area contributed by atoms with Gasteiger partial charge >= 0.3 is 0 Å². The van der Waals surface area contributed by atoms with E-state index in [9.17, 15) is 0 Å². The Bertz CT molecular complexity index is 774. The predicted molar refractivity (Wildman–Crippen MR) is 117 cm³/mol. The second kappa shape index (κ2) is 11.5. The van der Waals surface area contributed by atoms with Crippen molar-refractivity contribution in [2.24, 2.45) is 4.99 Å². The van der Waals surface area contributed by atoms with Crippen LogP contribution in [0.3, 0.4) is 0 Å². The number of methoxy groups -OCH3 is 1. The fraction of sp³-hybridized carbons (Fsp3) is 0.524. The summed E-state index contributed by atoms with van der Waals surface area (Å²) in [5.41, 5.74) is 2.38. The van der Waals surface area contributed by atoms with Gasteiger partial charge < -0.3 is 20.1 Å². The van der Waals surface area contributed by atoms with Crippen molar-refractivity contribution in [2.45, 2.75) is 40.0 Å². The molecule has 154 valence electrons. The molecule has 7 heteroatoms. The maximum atomic E-state index is 5.65. The highest BCUT2D eigenvalue weighted by molar-refractivity contribution is 7.11. The van der Waals surface area contributed by atoms with Gasteiger partial charge in [-0.2, -0.15) is 0 Å². The van der Waals surface area contributed by atoms with Crippen molar-refractivity contribution in [1.29, 1.82) is 0 Å². The first-order valence-corrected chi connectivity index (χ1v) is 10.6. The lowest BCUT2D eigenvalue weighted by Gasteiger charge is -2.13. The standard InChI is InChI=1S/C21H32N4O2S/c1-6-27-19-14-17(9-10-18(19)26-5)8-7-12-23-21(22-4)24-13-11-20-15(2)25-16(3)28-20/h9-10,14H,6-8,11-13H2,1-5H3,(H2,22,23,24). The van der Waals surface area contributed by atoms with Gasteiger partial charge in [0.15, 0.2) is 17.5 Å². The number of hydrogen-bond acceptors (Lipinski definition) is 5. The molecule has 28 heavy (non-hydrogen) atoms. The van der Waals surface area contributed by atoms with Gasteiger partial charge in [0.2, 0.25) is 0 Å². The summed E-state index contributed by atoms with van der Waals surface area (Å²) >= 11 is 1.77. The van der Waals surface area contributed by atoms with Crippen molar-refractivity contribution in [3.63, 3.8) is 0 Å². The molecule has 0 aliphatic rings. The van der Waals surface area contributed by atoms with Gasteiger partial charge in [-0.15, -0.1) is 11.3 Å². The van der Waals surface area contributed by atoms with Crippen LogP contribution in [0.4, 0.5) is 0 Å². The van der Waals surface area contributed by atoms with Crippen molar-refractivity contribution in [3.05, 3.63) is 39.3 Å². The zero-order valence-electron chi connectivity index (χ0n) is 17.6. The largest absolute Gasteiger partial charge is 0.493 e. The first kappa shape index (κ1) is 22.0. The number of aliphatic imine (C=N–C) groups is 1. The number of nitrogens with zero attached hydrogens (tertiary/aromatic N) is 2. The SMILES string of the molecule is CCOc1cc(CCCNC(=NC)NCCc2sc(C)nc2C)ccc1OC. The molecule has 0 amide bonds. The molecule has 0 aliphatic carbocycles. The number of hydrogen-bond donors (Lipinski definition) is 2. The van der Waals surface area contributed by atoms with E-state index in [-0.39, 0.29) is 0 Å². The lowest BCUT2D eigenvalue weighted by Crippen LogP contribution is -2.38. The summed E-state index contributed by atoms with van der Waals surface area (Å²) in [5, 5.41) is 7.88. The number of aromatic nitrogens is 1. The molecule has 2 aromatic rings. The minimum Gasteiger partial charge on any atom is -0.493 e. The lowest BCUT2D eigenvalue weighted by atomic mass is 10.1. The second-order valence-electron chi connectivity index (χ2n) is 6.44. The van der Waals surface area contributed by atoms with Gasteiger partial charge in [-0.1, -0.05) is 6.07 Å². The maximum absolute atomic E-state index is 5.65. The van der Waals surface area contributed by atoms with Crippen LogP contribution in [-0.2, 0) is 12.8 Å². The average molecular weight is 405 g/mol. The fourth-order valence-electron chi connectivity index (χ4n) is 2.96. The minimum absolute atomic E-state index is 0.629. The maximum Gasteiger partial charge on any atom is 0.190 e. The normalized spacial score (nSPS) is 11.4. The Morgan fingerprint density at radius 1 is 1.14 bits per heavy atom. The topological polar surface area (TPSA) is 67.8 Å². The molecule has 0 saturated heterocycles. The Hall–Kier alpha value is -2.28. The molecule has 0 atom stereocenters. The van der Waals surface area contributed by atoms with Crippen LogP contribution < -0.4 is 20.1 Å². The number of benzene rings is 1. The fourth-order valence-corrected chi connectivity index (χ4v) is 3.90. The lowest BCUT2D eigenvalue weighted by molar-refractivity contribution is 0.310. The van der Waals surface area contributed by atoms with Gasteiger partial charge in [-0.3, -0.25) is 4.99 Å². The van der Waals surface area contributed by atoms with Crippen LogP contribution in [0.1, 0.15) is 34.5 Å². The smallest absolute Gasteiger partial charge is 0.190 e. The molecule has 0 saturated carbocycles. The van der Waals surface area contributed by atoms with Gasteiger partial charge in [0.05, 0.1) is 24.4 Å². The molecule has 0 radical (unpaired) electrons. The van der Waals surface area contributed by atoms with E-state index in [0.717, 1.165) is 60.5 Å². The summed E-state index contributed by atoms with van der Waals surface area (Å²) in [6.07, 6.45) is 2.93. The molecule has 2 N–H and O–H groups in total. The van der Waals surface area contributed by atoms with Crippen LogP contribution in [-0.4, -0.2) is 44.8 Å². The summed E-state index contributed by atoms with van der Waals surface area (Å²) in [4.78, 5) is 10.1. The second-order valence-corrected chi connectivity index (χ2v) is 7.73. The Labute approximate surface area is 172 Å². The molecule has 1 aromatic carbocycles. The average Bonchev–Trinajstić information content (AvgIpc) is 3.01. The van der Waals surface area contributed by atoms with Gasteiger partial charge in [-0.05, 0) is 51.3 Å². The summed E-state index contributed by atoms with van der Waals surface area (Å²) in [5.74, 6) is 2.42. The zero-order chi connectivity index (χ0) is 20.4. The summed E-state index contributed by atoms with van der Waals surface area (Å²) < 4.78 is 11.0. The zero-order valence-corrected chi connectivity index (χ0v) is 18.4. The van der Waals surface area contributed by atoms with E-state index in [1.165, 1.54) is 10.4 Å². The number of rotatable bonds is 10. The van der Waals surface area contributed by atoms with E-state index in [1.807, 2.05) is 13.0 Å². The van der Waals surface area contributed by atoms with Gasteiger partial charge in [-0.25, -0.2) is 4.98 Å². The third-order valence-corrected chi connectivity index (χ3v) is 5.46. The van der Waals surface area contributed by atoms with Crippen LogP contribution in [0.5, 0.6) is 11.5 Å². The van der Waals surface area contributed by atoms with Gasteiger partial charge in [0.25, 0.3) is 0 Å². The molecule has 0 aliphatic heterocycles. The van der Waals surface area contributed by atoms with E-state index in [4.69, 9.17) is 9.47 Å². The highest BCUT2D eigenvalue weighted by Gasteiger charge is 2.07. The monoisotopic (exact) mass is 404 g/mol. The highest BCUT2D eigenvalue weighted by Crippen LogP contribution is 2.28. The molecule has 0 fully saturated rings. The molecular weight excluding hydrogens is 372 g/mol. The minimum atomic E-state index is 0.629. The van der Waals surface area contributed by atoms with E-state index < -0.39 is 0 Å². The molecule has 0 spiro atoms. The number of nitrogens with one attached hydrogen (secondary N) is 2. The molecule has 0 unspecified atom stereocenters. The van der Waals surface area contributed by atoms with Crippen LogP contribution in [0, 0.1) is 13.8 Å². The molecule has 1 aromatic heterocycles. The molecule has 6 nitrogen and oxygen atoms in total. The highest BCUT2D eigenvalue weighted by atomic mass is 32.1. The van der Waals surface area contributed by atoms with Crippen LogP contribution >= 0.6 is 11.3 Å². The van der Waals surface area contributed by atoms with Gasteiger partial charge in [0, 0.05) is 31.4 Å². The molecule has 2 rings (SSSR count). The number of ether oxygens (including phenoxy) is 2. The number of guanidine groups is 1. The van der Waals surface area contributed by atoms with E-state index in [0.29, 0.717) is 6.61 Å². The van der Waals surface area contributed by atoms with Crippen molar-refractivity contribution in [1.82, 2.24) is 15.6 Å². The van der Waals surface area contributed by atoms with Crippen molar-refractivity contribution in [3.8, 4) is 11.5 Å². The van der Waals surface area contributed by atoms with Crippen LogP contribution in [0.15, 0.2) is 23.2 Å². The Balaban J connectivity index is 1.72. The van der Waals surface area contributed by atoms with Crippen molar-refractivity contribution in [2.75, 3.05) is 33.9 Å². The Morgan fingerprint density at radius 3 is 2.57 bits per heavy atom. The molecular formula is C21H32N4O2S. The Kier molecular flexibility index (Phi) is 9.07. The number of thiazole rings is 1. The van der Waals surface area contributed by atoms with Gasteiger partial charge in [0.1, 0.15) is 0 Å². The van der Waals surface area contributed by atoms with Crippen molar-refractivity contribution < 1.29 is 9.47 Å². The van der Waals surface area contributed by atoms with E-state index in [1.54, 1.807) is 25.5 Å². The van der Waals surface area contributed by atoms with Crippen LogP contribution in [0.2, 0.25) is 0 Å². The summed E-state index contributed by atoms with van der Waals surface area (Å²) in [7, 11) is 3.47. The Morgan fingerprint density at radius 2 is 1.93 bits per heavy atom. The van der Waals surface area contributed by atoms with E-state index in [2.05, 4.69) is 46.6 Å². The van der Waals surface area contributed by atoms with Crippen LogP contribution in [0.25, 0.3) is 0 Å². The van der Waals surface area contributed by atoms with E-state index >= 15 is 0 Å². The summed E-state index contributed by atoms with van der Waals surface area (Å²) in [6.45, 7) is 8.43.